The van der Waals surface area contributed by atoms with E-state index in [4.69, 9.17) is 15.6 Å². The lowest BCUT2D eigenvalue weighted by Crippen LogP contribution is -2.39. The first kappa shape index (κ1) is 18.7. The summed E-state index contributed by atoms with van der Waals surface area (Å²) in [6, 6.07) is -0.569. The molecule has 0 aromatic carbocycles. The van der Waals surface area contributed by atoms with Gasteiger partial charge >= 0.3 is 12.1 Å². The van der Waals surface area contributed by atoms with Crippen LogP contribution in [0.1, 0.15) is 59.3 Å². The standard InChI is InChI=1S/C16H30N2O4/c1-16(2,3)22-14(19)13(17)10-12-6-4-5-11(9-12)7-8-18-15(20)21/h11-13,18H,4-10,17H2,1-3H3,(H,20,21). The highest BCUT2D eigenvalue weighted by Gasteiger charge is 2.28. The van der Waals surface area contributed by atoms with Crippen molar-refractivity contribution in [1.29, 1.82) is 0 Å². The van der Waals surface area contributed by atoms with Crippen LogP contribution in [0, 0.1) is 11.8 Å². The first-order valence-electron chi connectivity index (χ1n) is 8.12. The van der Waals surface area contributed by atoms with Gasteiger partial charge in [-0.2, -0.15) is 0 Å². The molecule has 1 amide bonds. The quantitative estimate of drug-likeness (QED) is 0.654. The summed E-state index contributed by atoms with van der Waals surface area (Å²) in [4.78, 5) is 22.4. The van der Waals surface area contributed by atoms with Gasteiger partial charge in [0.15, 0.2) is 0 Å². The van der Waals surface area contributed by atoms with Crippen molar-refractivity contribution >= 4 is 12.1 Å². The van der Waals surface area contributed by atoms with Crippen LogP contribution in [0.25, 0.3) is 0 Å². The van der Waals surface area contributed by atoms with Crippen LogP contribution in [-0.4, -0.2) is 35.4 Å². The van der Waals surface area contributed by atoms with Crippen molar-refractivity contribution in [3.63, 3.8) is 0 Å². The Bertz CT molecular complexity index is 379. The minimum atomic E-state index is -0.973. The smallest absolute Gasteiger partial charge is 0.404 e. The molecule has 1 fully saturated rings. The third-order valence-corrected chi connectivity index (χ3v) is 4.02. The molecule has 0 bridgehead atoms. The number of ether oxygens (including phenoxy) is 1. The zero-order chi connectivity index (χ0) is 16.8. The van der Waals surface area contributed by atoms with Crippen LogP contribution in [0.15, 0.2) is 0 Å². The molecule has 6 heteroatoms. The van der Waals surface area contributed by atoms with Crippen molar-refractivity contribution in [2.45, 2.75) is 70.9 Å². The van der Waals surface area contributed by atoms with E-state index in [9.17, 15) is 9.59 Å². The highest BCUT2D eigenvalue weighted by Crippen LogP contribution is 2.33. The number of carbonyl (C=O) groups is 2. The van der Waals surface area contributed by atoms with Crippen LogP contribution in [0.4, 0.5) is 4.79 Å². The Kier molecular flexibility index (Phi) is 7.13. The largest absolute Gasteiger partial charge is 0.465 e. The summed E-state index contributed by atoms with van der Waals surface area (Å²) in [6.07, 6.45) is 4.86. The zero-order valence-corrected chi connectivity index (χ0v) is 13.9. The van der Waals surface area contributed by atoms with Crippen molar-refractivity contribution in [3.05, 3.63) is 0 Å². The molecule has 22 heavy (non-hydrogen) atoms. The summed E-state index contributed by atoms with van der Waals surface area (Å²) < 4.78 is 5.32. The van der Waals surface area contributed by atoms with Gasteiger partial charge < -0.3 is 20.9 Å². The van der Waals surface area contributed by atoms with Crippen molar-refractivity contribution < 1.29 is 19.4 Å². The van der Waals surface area contributed by atoms with Crippen molar-refractivity contribution in [1.82, 2.24) is 5.32 Å². The van der Waals surface area contributed by atoms with Gasteiger partial charge in [-0.05, 0) is 51.9 Å². The van der Waals surface area contributed by atoms with E-state index in [0.29, 0.717) is 24.8 Å². The second-order valence-electron chi connectivity index (χ2n) is 7.29. The highest BCUT2D eigenvalue weighted by atomic mass is 16.6. The van der Waals surface area contributed by atoms with Crippen LogP contribution in [0.3, 0.4) is 0 Å². The zero-order valence-electron chi connectivity index (χ0n) is 13.9. The molecule has 1 aliphatic carbocycles. The summed E-state index contributed by atoms with van der Waals surface area (Å²) >= 11 is 0. The van der Waals surface area contributed by atoms with Gasteiger partial charge in [-0.15, -0.1) is 0 Å². The lowest BCUT2D eigenvalue weighted by Gasteiger charge is -2.31. The second-order valence-corrected chi connectivity index (χ2v) is 7.29. The van der Waals surface area contributed by atoms with Gasteiger partial charge in [0.1, 0.15) is 11.6 Å². The van der Waals surface area contributed by atoms with E-state index in [1.807, 2.05) is 20.8 Å². The Morgan fingerprint density at radius 1 is 1.32 bits per heavy atom. The third kappa shape index (κ3) is 7.64. The molecule has 0 spiro atoms. The molecule has 1 saturated carbocycles. The number of hydrogen-bond donors (Lipinski definition) is 3. The maximum Gasteiger partial charge on any atom is 0.404 e. The third-order valence-electron chi connectivity index (χ3n) is 4.02. The Morgan fingerprint density at radius 2 is 1.95 bits per heavy atom. The minimum Gasteiger partial charge on any atom is -0.465 e. The summed E-state index contributed by atoms with van der Waals surface area (Å²) in [5, 5.41) is 11.0. The molecule has 0 radical (unpaired) electrons. The van der Waals surface area contributed by atoms with Gasteiger partial charge in [-0.25, -0.2) is 4.79 Å². The predicted octanol–water partition coefficient (Wildman–Crippen LogP) is 2.51. The summed E-state index contributed by atoms with van der Waals surface area (Å²) in [7, 11) is 0. The number of hydrogen-bond acceptors (Lipinski definition) is 4. The van der Waals surface area contributed by atoms with E-state index >= 15 is 0 Å². The van der Waals surface area contributed by atoms with Crippen LogP contribution in [0.5, 0.6) is 0 Å². The van der Waals surface area contributed by atoms with Gasteiger partial charge in [0.05, 0.1) is 0 Å². The maximum absolute atomic E-state index is 11.9. The van der Waals surface area contributed by atoms with E-state index in [1.165, 1.54) is 0 Å². The van der Waals surface area contributed by atoms with Crippen LogP contribution in [-0.2, 0) is 9.53 Å². The first-order chi connectivity index (χ1) is 10.2. The van der Waals surface area contributed by atoms with Crippen LogP contribution in [0.2, 0.25) is 0 Å². The average molecular weight is 314 g/mol. The SMILES string of the molecule is CC(C)(C)OC(=O)C(N)CC1CCCC(CCNC(=O)O)C1. The van der Waals surface area contributed by atoms with Crippen molar-refractivity contribution in [3.8, 4) is 0 Å². The number of rotatable bonds is 6. The molecule has 128 valence electrons. The number of nitrogens with one attached hydrogen (secondary N) is 1. The fourth-order valence-corrected chi connectivity index (χ4v) is 3.09. The fraction of sp³-hybridized carbons (Fsp3) is 0.875. The highest BCUT2D eigenvalue weighted by molar-refractivity contribution is 5.75. The Labute approximate surface area is 132 Å². The predicted molar refractivity (Wildman–Crippen MR) is 84.5 cm³/mol. The van der Waals surface area contributed by atoms with E-state index < -0.39 is 17.7 Å². The summed E-state index contributed by atoms with van der Waals surface area (Å²) in [5.41, 5.74) is 5.47. The molecular weight excluding hydrogens is 284 g/mol. The molecule has 0 aromatic heterocycles. The molecule has 1 rings (SSSR count). The van der Waals surface area contributed by atoms with Crippen LogP contribution >= 0.6 is 0 Å². The molecule has 0 aliphatic heterocycles. The number of carboxylic acid groups (broad SMARTS) is 1. The lowest BCUT2D eigenvalue weighted by atomic mass is 9.77. The van der Waals surface area contributed by atoms with Gasteiger partial charge in [-0.3, -0.25) is 4.79 Å². The fourth-order valence-electron chi connectivity index (χ4n) is 3.09. The molecule has 3 atom stereocenters. The van der Waals surface area contributed by atoms with E-state index in [1.54, 1.807) is 0 Å². The van der Waals surface area contributed by atoms with Gasteiger partial charge in [-0.1, -0.05) is 19.3 Å². The van der Waals surface area contributed by atoms with Crippen molar-refractivity contribution in [2.24, 2.45) is 17.6 Å². The summed E-state index contributed by atoms with van der Waals surface area (Å²) in [5.74, 6) is 0.602. The second kappa shape index (κ2) is 8.36. The Hall–Kier alpha value is -1.30. The van der Waals surface area contributed by atoms with Crippen LogP contribution < -0.4 is 11.1 Å². The molecule has 3 unspecified atom stereocenters. The molecular formula is C16H30N2O4. The number of carbonyl (C=O) groups excluding carboxylic acids is 1. The lowest BCUT2D eigenvalue weighted by molar-refractivity contribution is -0.157. The molecule has 0 heterocycles. The van der Waals surface area contributed by atoms with Crippen molar-refractivity contribution in [2.75, 3.05) is 6.54 Å². The molecule has 6 nitrogen and oxygen atoms in total. The molecule has 0 saturated heterocycles. The number of esters is 1. The Morgan fingerprint density at radius 3 is 2.55 bits per heavy atom. The van der Waals surface area contributed by atoms with Gasteiger partial charge in [0.25, 0.3) is 0 Å². The molecule has 0 aromatic rings. The average Bonchev–Trinajstić information content (AvgIpc) is 2.36. The molecule has 4 N–H and O–H groups in total. The monoisotopic (exact) mass is 314 g/mol. The summed E-state index contributed by atoms with van der Waals surface area (Å²) in [6.45, 7) is 6.00. The Balaban J connectivity index is 2.35. The van der Waals surface area contributed by atoms with Gasteiger partial charge in [0.2, 0.25) is 0 Å². The van der Waals surface area contributed by atoms with E-state index in [-0.39, 0.29) is 5.97 Å². The minimum absolute atomic E-state index is 0.331. The van der Waals surface area contributed by atoms with Gasteiger partial charge in [0, 0.05) is 6.54 Å². The number of amides is 1. The molecule has 1 aliphatic rings. The normalized spacial score (nSPS) is 23.6. The number of nitrogens with two attached hydrogens (primary N) is 1. The van der Waals surface area contributed by atoms with E-state index in [2.05, 4.69) is 5.32 Å². The first-order valence-corrected chi connectivity index (χ1v) is 8.12. The van der Waals surface area contributed by atoms with E-state index in [0.717, 1.165) is 32.1 Å². The maximum atomic E-state index is 11.9. The topological polar surface area (TPSA) is 102 Å².